The molecule has 1 saturated heterocycles. The summed E-state index contributed by atoms with van der Waals surface area (Å²) in [7, 11) is 1.54. The normalized spacial score (nSPS) is 14.4. The van der Waals surface area contributed by atoms with Crippen LogP contribution in [0.3, 0.4) is 0 Å². The summed E-state index contributed by atoms with van der Waals surface area (Å²) in [6.07, 6.45) is 1.24. The quantitative estimate of drug-likeness (QED) is 0.689. The fraction of sp³-hybridized carbons (Fsp3) is 0.333. The molecule has 1 N–H and O–H groups in total. The summed E-state index contributed by atoms with van der Waals surface area (Å²) < 4.78 is 10.8. The Kier molecular flexibility index (Phi) is 7.28. The molecule has 0 atom stereocenters. The van der Waals surface area contributed by atoms with Gasteiger partial charge in [-0.1, -0.05) is 18.2 Å². The number of carbonyl (C=O) groups excluding carboxylic acids is 2. The van der Waals surface area contributed by atoms with Crippen LogP contribution in [0.2, 0.25) is 0 Å². The van der Waals surface area contributed by atoms with Crippen molar-refractivity contribution in [3.05, 3.63) is 59.2 Å². The van der Waals surface area contributed by atoms with Crippen LogP contribution in [0.25, 0.3) is 0 Å². The number of aryl methyl sites for hydroxylation is 1. The van der Waals surface area contributed by atoms with Crippen molar-refractivity contribution in [1.29, 1.82) is 0 Å². The summed E-state index contributed by atoms with van der Waals surface area (Å²) in [6, 6.07) is 12.9. The second kappa shape index (κ2) is 9.89. The monoisotopic (exact) mass is 417 g/mol. The number of nitrogens with one attached hydrogen (secondary N) is 1. The maximum atomic E-state index is 12.2. The Hall–Kier alpha value is -2.12. The van der Waals surface area contributed by atoms with Gasteiger partial charge in [-0.05, 0) is 60.2 Å². The van der Waals surface area contributed by atoms with Gasteiger partial charge in [0, 0.05) is 0 Å². The minimum atomic E-state index is -0.512. The number of anilines is 1. The molecule has 0 spiro atoms. The van der Waals surface area contributed by atoms with Crippen LogP contribution < -0.4 is 10.1 Å². The first-order valence-corrected chi connectivity index (χ1v) is 11.1. The lowest BCUT2D eigenvalue weighted by Gasteiger charge is -2.21. The highest BCUT2D eigenvalue weighted by molar-refractivity contribution is 8.16. The van der Waals surface area contributed by atoms with Crippen molar-refractivity contribution in [2.24, 2.45) is 0 Å². The Labute approximate surface area is 173 Å². The number of amides is 1. The third-order valence-electron chi connectivity index (χ3n) is 4.21. The van der Waals surface area contributed by atoms with E-state index in [-0.39, 0.29) is 6.61 Å². The maximum absolute atomic E-state index is 12.2. The van der Waals surface area contributed by atoms with E-state index in [0.717, 1.165) is 5.56 Å². The molecule has 5 nitrogen and oxygen atoms in total. The molecule has 1 aliphatic heterocycles. The van der Waals surface area contributed by atoms with Crippen LogP contribution in [0.15, 0.2) is 42.5 Å². The van der Waals surface area contributed by atoms with Gasteiger partial charge in [-0.15, -0.1) is 23.5 Å². The lowest BCUT2D eigenvalue weighted by atomic mass is 10.1. The number of hydrogen-bond donors (Lipinski definition) is 1. The topological polar surface area (TPSA) is 64.6 Å². The van der Waals surface area contributed by atoms with Gasteiger partial charge in [-0.25, -0.2) is 4.79 Å². The Morgan fingerprint density at radius 1 is 1.11 bits per heavy atom. The molecule has 7 heteroatoms. The number of benzene rings is 2. The second-order valence-corrected chi connectivity index (χ2v) is 9.10. The van der Waals surface area contributed by atoms with Crippen molar-refractivity contribution in [3.63, 3.8) is 0 Å². The van der Waals surface area contributed by atoms with Gasteiger partial charge in [-0.3, -0.25) is 4.79 Å². The number of ether oxygens (including phenoxy) is 2. The number of rotatable bonds is 6. The molecule has 0 aliphatic carbocycles. The fourth-order valence-electron chi connectivity index (χ4n) is 2.78. The zero-order valence-electron chi connectivity index (χ0n) is 15.9. The van der Waals surface area contributed by atoms with E-state index in [2.05, 4.69) is 5.32 Å². The Morgan fingerprint density at radius 2 is 1.82 bits per heavy atom. The molecular weight excluding hydrogens is 394 g/mol. The first-order valence-electron chi connectivity index (χ1n) is 9.01. The van der Waals surface area contributed by atoms with E-state index in [1.54, 1.807) is 24.3 Å². The molecule has 1 heterocycles. The molecule has 28 heavy (non-hydrogen) atoms. The van der Waals surface area contributed by atoms with Crippen LogP contribution in [-0.2, 0) is 9.53 Å². The highest BCUT2D eigenvalue weighted by Gasteiger charge is 2.17. The largest absolute Gasteiger partial charge is 0.495 e. The van der Waals surface area contributed by atoms with E-state index in [9.17, 15) is 9.59 Å². The Bertz CT molecular complexity index is 833. The first kappa shape index (κ1) is 20.6. The summed E-state index contributed by atoms with van der Waals surface area (Å²) in [5.41, 5.74) is 3.18. The van der Waals surface area contributed by atoms with Gasteiger partial charge in [0.1, 0.15) is 5.75 Å². The van der Waals surface area contributed by atoms with Crippen molar-refractivity contribution in [2.75, 3.05) is 30.5 Å². The minimum Gasteiger partial charge on any atom is -0.495 e. The molecule has 3 rings (SSSR count). The molecule has 1 fully saturated rings. The standard InChI is InChI=1S/C21H23NO4S2/c1-14-4-9-18(25-2)17(12-14)22-19(23)13-26-20(24)15-5-7-16(8-6-15)21-27-10-3-11-28-21/h4-9,12,21H,3,10-11,13H2,1-2H3,(H,22,23). The third-order valence-corrected chi connectivity index (χ3v) is 7.22. The van der Waals surface area contributed by atoms with Crippen molar-refractivity contribution in [1.82, 2.24) is 0 Å². The second-order valence-electron chi connectivity index (χ2n) is 6.38. The number of carbonyl (C=O) groups is 2. The average molecular weight is 418 g/mol. The van der Waals surface area contributed by atoms with Gasteiger partial charge in [0.2, 0.25) is 0 Å². The Morgan fingerprint density at radius 3 is 2.50 bits per heavy atom. The van der Waals surface area contributed by atoms with E-state index in [4.69, 9.17) is 9.47 Å². The average Bonchev–Trinajstić information content (AvgIpc) is 2.73. The number of esters is 1. The lowest BCUT2D eigenvalue weighted by Crippen LogP contribution is -2.21. The molecule has 148 valence electrons. The summed E-state index contributed by atoms with van der Waals surface area (Å²) in [5.74, 6) is 1.97. The van der Waals surface area contributed by atoms with Crippen LogP contribution >= 0.6 is 23.5 Å². The van der Waals surface area contributed by atoms with Gasteiger partial charge in [0.25, 0.3) is 5.91 Å². The molecule has 0 unspecified atom stereocenters. The summed E-state index contributed by atoms with van der Waals surface area (Å²) in [4.78, 5) is 24.4. The summed E-state index contributed by atoms with van der Waals surface area (Å²) in [6.45, 7) is 1.56. The molecule has 2 aromatic carbocycles. The van der Waals surface area contributed by atoms with Crippen LogP contribution in [0.1, 0.15) is 32.5 Å². The molecule has 1 amide bonds. The lowest BCUT2D eigenvalue weighted by molar-refractivity contribution is -0.119. The zero-order chi connectivity index (χ0) is 19.9. The van der Waals surface area contributed by atoms with Crippen LogP contribution in [0.5, 0.6) is 5.75 Å². The molecule has 0 bridgehead atoms. The third kappa shape index (κ3) is 5.45. The van der Waals surface area contributed by atoms with Crippen LogP contribution in [0.4, 0.5) is 5.69 Å². The molecule has 2 aromatic rings. The molecule has 1 aliphatic rings. The van der Waals surface area contributed by atoms with E-state index in [1.165, 1.54) is 30.6 Å². The predicted molar refractivity (Wildman–Crippen MR) is 115 cm³/mol. The maximum Gasteiger partial charge on any atom is 0.338 e. The summed E-state index contributed by atoms with van der Waals surface area (Å²) in [5, 5.41) is 2.71. The van der Waals surface area contributed by atoms with E-state index >= 15 is 0 Å². The van der Waals surface area contributed by atoms with Gasteiger partial charge in [0.05, 0.1) is 22.9 Å². The fourth-order valence-corrected chi connectivity index (χ4v) is 5.67. The molecular formula is C21H23NO4S2. The van der Waals surface area contributed by atoms with Gasteiger partial charge in [-0.2, -0.15) is 0 Å². The van der Waals surface area contributed by atoms with Gasteiger partial charge in [0.15, 0.2) is 6.61 Å². The van der Waals surface area contributed by atoms with Crippen molar-refractivity contribution in [2.45, 2.75) is 17.9 Å². The predicted octanol–water partition coefficient (Wildman–Crippen LogP) is 4.67. The SMILES string of the molecule is COc1ccc(C)cc1NC(=O)COC(=O)c1ccc(C2SCCCS2)cc1. The van der Waals surface area contributed by atoms with Crippen LogP contribution in [-0.4, -0.2) is 37.1 Å². The molecule has 0 saturated carbocycles. The smallest absolute Gasteiger partial charge is 0.338 e. The molecule has 0 aromatic heterocycles. The van der Waals surface area contributed by atoms with E-state index in [1.807, 2.05) is 48.6 Å². The minimum absolute atomic E-state index is 0.355. The van der Waals surface area contributed by atoms with Crippen molar-refractivity contribution in [3.8, 4) is 5.75 Å². The summed E-state index contributed by atoms with van der Waals surface area (Å²) >= 11 is 3.87. The Balaban J connectivity index is 1.53. The van der Waals surface area contributed by atoms with Gasteiger partial charge >= 0.3 is 5.97 Å². The van der Waals surface area contributed by atoms with Crippen molar-refractivity contribution < 1.29 is 19.1 Å². The number of thioether (sulfide) groups is 2. The highest BCUT2D eigenvalue weighted by Crippen LogP contribution is 2.43. The van der Waals surface area contributed by atoms with Crippen LogP contribution in [0, 0.1) is 6.92 Å². The first-order chi connectivity index (χ1) is 13.6. The van der Waals surface area contributed by atoms with Gasteiger partial charge < -0.3 is 14.8 Å². The number of hydrogen-bond acceptors (Lipinski definition) is 6. The molecule has 0 radical (unpaired) electrons. The van der Waals surface area contributed by atoms with E-state index < -0.39 is 11.9 Å². The van der Waals surface area contributed by atoms with Crippen molar-refractivity contribution >= 4 is 41.1 Å². The highest BCUT2D eigenvalue weighted by atomic mass is 32.2. The van der Waals surface area contributed by atoms with E-state index in [0.29, 0.717) is 21.6 Å². The zero-order valence-corrected chi connectivity index (χ0v) is 17.5. The number of methoxy groups -OCH3 is 1.